The van der Waals surface area contributed by atoms with E-state index in [1.165, 1.54) is 38.5 Å². The predicted molar refractivity (Wildman–Crippen MR) is 71.1 cm³/mol. The van der Waals surface area contributed by atoms with Crippen LogP contribution in [0.2, 0.25) is 0 Å². The summed E-state index contributed by atoms with van der Waals surface area (Å²) in [7, 11) is 0. The Kier molecular flexibility index (Phi) is 6.45. The lowest BCUT2D eigenvalue weighted by atomic mass is 10.1. The molecule has 0 fully saturated rings. The third-order valence-electron chi connectivity index (χ3n) is 3.04. The highest BCUT2D eigenvalue weighted by atomic mass is 16.1. The first kappa shape index (κ1) is 13.8. The molecule has 17 heavy (non-hydrogen) atoms. The molecule has 0 aromatic rings. The molecule has 0 aromatic heterocycles. The molecule has 0 bridgehead atoms. The summed E-state index contributed by atoms with van der Waals surface area (Å²) in [6, 6.07) is 0. The zero-order valence-electron chi connectivity index (χ0n) is 10.8. The van der Waals surface area contributed by atoms with Crippen molar-refractivity contribution in [2.24, 2.45) is 5.73 Å². The summed E-state index contributed by atoms with van der Waals surface area (Å²) in [6.07, 6.45) is 14.3. The number of rotatable bonds is 8. The number of nitrogens with two attached hydrogens (primary N) is 1. The van der Waals surface area contributed by atoms with Gasteiger partial charge in [-0.05, 0) is 19.0 Å². The van der Waals surface area contributed by atoms with E-state index < -0.39 is 0 Å². The average Bonchev–Trinajstić information content (AvgIpc) is 2.34. The third-order valence-corrected chi connectivity index (χ3v) is 3.04. The minimum Gasteiger partial charge on any atom is -0.366 e. The molecular formula is C14H24N2O. The first-order chi connectivity index (χ1) is 8.24. The molecule has 1 rings (SSSR count). The molecule has 1 aliphatic rings. The Morgan fingerprint density at radius 1 is 1.29 bits per heavy atom. The van der Waals surface area contributed by atoms with Gasteiger partial charge in [0.25, 0.3) is 0 Å². The summed E-state index contributed by atoms with van der Waals surface area (Å²) in [5.74, 6) is -0.303. The smallest absolute Gasteiger partial charge is 0.246 e. The van der Waals surface area contributed by atoms with Crippen molar-refractivity contribution >= 4 is 5.91 Å². The molecule has 0 saturated heterocycles. The Balaban J connectivity index is 2.16. The Labute approximate surface area is 104 Å². The Hall–Kier alpha value is -1.25. The maximum atomic E-state index is 11.0. The van der Waals surface area contributed by atoms with Gasteiger partial charge >= 0.3 is 0 Å². The largest absolute Gasteiger partial charge is 0.366 e. The molecular weight excluding hydrogens is 212 g/mol. The summed E-state index contributed by atoms with van der Waals surface area (Å²) in [5.41, 5.74) is 5.98. The molecule has 96 valence electrons. The van der Waals surface area contributed by atoms with Crippen molar-refractivity contribution in [2.75, 3.05) is 6.54 Å². The van der Waals surface area contributed by atoms with Crippen molar-refractivity contribution in [3.8, 4) is 0 Å². The van der Waals surface area contributed by atoms with Crippen LogP contribution in [0.5, 0.6) is 0 Å². The van der Waals surface area contributed by atoms with Gasteiger partial charge in [0.1, 0.15) is 0 Å². The maximum absolute atomic E-state index is 11.0. The molecule has 1 aliphatic heterocycles. The normalized spacial score (nSPS) is 14.9. The highest BCUT2D eigenvalue weighted by molar-refractivity contribution is 5.92. The minimum absolute atomic E-state index is 0.303. The molecule has 0 unspecified atom stereocenters. The second-order valence-electron chi connectivity index (χ2n) is 4.61. The van der Waals surface area contributed by atoms with Crippen LogP contribution in [0.4, 0.5) is 0 Å². The molecule has 3 nitrogen and oxygen atoms in total. The topological polar surface area (TPSA) is 46.3 Å². The lowest BCUT2D eigenvalue weighted by Crippen LogP contribution is -2.21. The van der Waals surface area contributed by atoms with Gasteiger partial charge in [-0.2, -0.15) is 0 Å². The molecule has 2 N–H and O–H groups in total. The van der Waals surface area contributed by atoms with E-state index >= 15 is 0 Å². The summed E-state index contributed by atoms with van der Waals surface area (Å²) in [4.78, 5) is 13.1. The predicted octanol–water partition coefficient (Wildman–Crippen LogP) is 2.94. The van der Waals surface area contributed by atoms with Crippen LogP contribution in [-0.4, -0.2) is 17.4 Å². The minimum atomic E-state index is -0.303. The monoisotopic (exact) mass is 236 g/mol. The number of nitrogens with zero attached hydrogens (tertiary/aromatic N) is 1. The van der Waals surface area contributed by atoms with E-state index in [9.17, 15) is 4.79 Å². The van der Waals surface area contributed by atoms with Gasteiger partial charge in [0.2, 0.25) is 5.91 Å². The lowest BCUT2D eigenvalue weighted by Gasteiger charge is -2.20. The van der Waals surface area contributed by atoms with Crippen LogP contribution in [0.25, 0.3) is 0 Å². The molecule has 3 heteroatoms. The molecule has 0 aliphatic carbocycles. The van der Waals surface area contributed by atoms with E-state index in [0.29, 0.717) is 12.0 Å². The van der Waals surface area contributed by atoms with Crippen LogP contribution in [0, 0.1) is 0 Å². The number of unbranched alkanes of at least 4 members (excludes halogenated alkanes) is 5. The van der Waals surface area contributed by atoms with Crippen molar-refractivity contribution in [1.29, 1.82) is 0 Å². The Bertz CT molecular complexity index is 295. The first-order valence-electron chi connectivity index (χ1n) is 6.67. The fourth-order valence-electron chi connectivity index (χ4n) is 1.99. The standard InChI is InChI=1S/C14H24N2O/c1-2-3-4-5-6-7-10-16-11-8-9-13(12-16)14(15)17/h8,11-12H,2-7,9-10H2,1H3,(H2,15,17). The van der Waals surface area contributed by atoms with Crippen LogP contribution in [0.1, 0.15) is 51.9 Å². The summed E-state index contributed by atoms with van der Waals surface area (Å²) in [6.45, 7) is 3.22. The van der Waals surface area contributed by atoms with Gasteiger partial charge in [-0.3, -0.25) is 4.79 Å². The number of carbonyl (C=O) groups is 1. The van der Waals surface area contributed by atoms with Crippen LogP contribution in [0.15, 0.2) is 24.0 Å². The number of carbonyl (C=O) groups excluding carboxylic acids is 1. The van der Waals surface area contributed by atoms with E-state index in [4.69, 9.17) is 5.73 Å². The van der Waals surface area contributed by atoms with E-state index in [1.54, 1.807) is 0 Å². The van der Waals surface area contributed by atoms with Crippen molar-refractivity contribution in [3.05, 3.63) is 24.0 Å². The highest BCUT2D eigenvalue weighted by Gasteiger charge is 2.09. The molecule has 0 aromatic carbocycles. The highest BCUT2D eigenvalue weighted by Crippen LogP contribution is 2.13. The van der Waals surface area contributed by atoms with Gasteiger partial charge in [0.05, 0.1) is 0 Å². The number of allylic oxidation sites excluding steroid dienone is 1. The lowest BCUT2D eigenvalue weighted by molar-refractivity contribution is -0.114. The SMILES string of the molecule is CCCCCCCCN1C=CCC(C(N)=O)=C1. The fraction of sp³-hybridized carbons (Fsp3) is 0.643. The molecule has 1 amide bonds. The molecule has 0 spiro atoms. The van der Waals surface area contributed by atoms with Crippen molar-refractivity contribution in [2.45, 2.75) is 51.9 Å². The molecule has 0 atom stereocenters. The Morgan fingerprint density at radius 2 is 2.00 bits per heavy atom. The maximum Gasteiger partial charge on any atom is 0.246 e. The summed E-state index contributed by atoms with van der Waals surface area (Å²) >= 11 is 0. The van der Waals surface area contributed by atoms with Gasteiger partial charge < -0.3 is 10.6 Å². The van der Waals surface area contributed by atoms with Gasteiger partial charge in [0.15, 0.2) is 0 Å². The third kappa shape index (κ3) is 5.57. The summed E-state index contributed by atoms with van der Waals surface area (Å²) < 4.78 is 0. The van der Waals surface area contributed by atoms with E-state index in [2.05, 4.69) is 11.8 Å². The van der Waals surface area contributed by atoms with E-state index in [0.717, 1.165) is 6.54 Å². The second kappa shape index (κ2) is 7.93. The van der Waals surface area contributed by atoms with Crippen molar-refractivity contribution < 1.29 is 4.79 Å². The van der Waals surface area contributed by atoms with Crippen LogP contribution >= 0.6 is 0 Å². The quantitative estimate of drug-likeness (QED) is 0.659. The van der Waals surface area contributed by atoms with Gasteiger partial charge in [-0.25, -0.2) is 0 Å². The first-order valence-corrected chi connectivity index (χ1v) is 6.67. The van der Waals surface area contributed by atoms with Gasteiger partial charge in [-0.15, -0.1) is 0 Å². The molecule has 1 heterocycles. The van der Waals surface area contributed by atoms with Gasteiger partial charge in [-0.1, -0.05) is 45.1 Å². The molecule has 0 saturated carbocycles. The van der Waals surface area contributed by atoms with Crippen LogP contribution in [0.3, 0.4) is 0 Å². The van der Waals surface area contributed by atoms with Crippen LogP contribution in [-0.2, 0) is 4.79 Å². The Morgan fingerprint density at radius 3 is 2.71 bits per heavy atom. The molecule has 0 radical (unpaired) electrons. The van der Waals surface area contributed by atoms with Crippen molar-refractivity contribution in [3.63, 3.8) is 0 Å². The van der Waals surface area contributed by atoms with Crippen molar-refractivity contribution in [1.82, 2.24) is 4.90 Å². The number of hydrogen-bond acceptors (Lipinski definition) is 2. The second-order valence-corrected chi connectivity index (χ2v) is 4.61. The number of primary amides is 1. The fourth-order valence-corrected chi connectivity index (χ4v) is 1.99. The zero-order chi connectivity index (χ0) is 12.5. The summed E-state index contributed by atoms with van der Waals surface area (Å²) in [5, 5.41) is 0. The van der Waals surface area contributed by atoms with E-state index in [-0.39, 0.29) is 5.91 Å². The van der Waals surface area contributed by atoms with Crippen LogP contribution < -0.4 is 5.73 Å². The zero-order valence-corrected chi connectivity index (χ0v) is 10.8. The number of hydrogen-bond donors (Lipinski definition) is 1. The average molecular weight is 236 g/mol. The van der Waals surface area contributed by atoms with E-state index in [1.807, 2.05) is 18.5 Å². The van der Waals surface area contributed by atoms with Gasteiger partial charge in [0, 0.05) is 18.3 Å². The number of amides is 1.